The fourth-order valence-electron chi connectivity index (χ4n) is 4.73. The number of rotatable bonds is 5. The highest BCUT2D eigenvalue weighted by atomic mass is 16.5. The number of pyridine rings is 1. The molecule has 1 aliphatic rings. The smallest absolute Gasteiger partial charge is 0.330 e. The number of piperazine rings is 1. The topological polar surface area (TPSA) is 95.2 Å². The number of benzene rings is 2. The highest BCUT2D eigenvalue weighted by Gasteiger charge is 2.33. The third kappa shape index (κ3) is 7.73. The first-order valence-electron chi connectivity index (χ1n) is 14.0. The number of hydrogen-bond donors (Lipinski definition) is 2. The van der Waals surface area contributed by atoms with E-state index in [0.29, 0.717) is 18.9 Å². The summed E-state index contributed by atoms with van der Waals surface area (Å²) < 4.78 is 5.51. The summed E-state index contributed by atoms with van der Waals surface area (Å²) in [7, 11) is 1.67. The molecule has 1 unspecified atom stereocenters. The molecular formula is C32H47N5O3. The van der Waals surface area contributed by atoms with Crippen LogP contribution in [0.2, 0.25) is 0 Å². The van der Waals surface area contributed by atoms with Gasteiger partial charge in [-0.25, -0.2) is 20.6 Å². The van der Waals surface area contributed by atoms with Crippen LogP contribution in [0.5, 0.6) is 5.75 Å². The van der Waals surface area contributed by atoms with Crippen LogP contribution in [-0.4, -0.2) is 53.9 Å². The van der Waals surface area contributed by atoms with Crippen molar-refractivity contribution in [3.8, 4) is 5.75 Å². The molecule has 0 spiro atoms. The molecule has 0 bridgehead atoms. The molecule has 8 nitrogen and oxygen atoms in total. The van der Waals surface area contributed by atoms with Gasteiger partial charge in [-0.3, -0.25) is 0 Å². The first-order chi connectivity index (χ1) is 19.2. The Kier molecular flexibility index (Phi) is 12.9. The number of amides is 2. The lowest BCUT2D eigenvalue weighted by molar-refractivity contribution is 0.195. The van der Waals surface area contributed by atoms with Crippen molar-refractivity contribution in [2.75, 3.05) is 36.5 Å². The molecule has 0 radical (unpaired) electrons. The number of methoxy groups -OCH3 is 1. The summed E-state index contributed by atoms with van der Waals surface area (Å²) in [6.45, 7) is 16.8. The molecule has 2 amide bonds. The molecule has 1 aromatic heterocycles. The van der Waals surface area contributed by atoms with E-state index in [1.165, 1.54) is 24.1 Å². The minimum Gasteiger partial charge on any atom is -0.496 e. The van der Waals surface area contributed by atoms with E-state index < -0.39 is 0 Å². The van der Waals surface area contributed by atoms with Crippen molar-refractivity contribution in [2.45, 2.75) is 67.3 Å². The summed E-state index contributed by atoms with van der Waals surface area (Å²) in [6, 6.07) is 16.5. The van der Waals surface area contributed by atoms with E-state index in [4.69, 9.17) is 9.94 Å². The van der Waals surface area contributed by atoms with Crippen LogP contribution in [-0.2, 0) is 0 Å². The second kappa shape index (κ2) is 15.8. The van der Waals surface area contributed by atoms with Gasteiger partial charge in [0.1, 0.15) is 11.6 Å². The number of aryl methyl sites for hydroxylation is 2. The van der Waals surface area contributed by atoms with Gasteiger partial charge < -0.3 is 19.7 Å². The standard InChI is InChI=1S/C28H34N4O2.C4H10.H3NO/c1-19-9-7-11-24(17-19)31-16-15-30(18-21(31)3)28(33)32(27-20(2)10-8-14-29-27)25-12-13-26(34-6)23(5)22(25)4;1-3-4-2;1-2/h7-14,17,21H,15-16,18H2,1-6H3;3-4H2,1-2H3;2H,1H2. The summed E-state index contributed by atoms with van der Waals surface area (Å²) in [6.07, 6.45) is 4.38. The molecule has 1 aliphatic heterocycles. The minimum atomic E-state index is -0.0507. The maximum absolute atomic E-state index is 14.1. The monoisotopic (exact) mass is 549 g/mol. The summed E-state index contributed by atoms with van der Waals surface area (Å²) >= 11 is 0. The lowest BCUT2D eigenvalue weighted by atomic mass is 10.1. The molecule has 8 heteroatoms. The SMILES string of the molecule is CCCC.COc1ccc(N(C(=O)N2CCN(c3cccc(C)c3)C(C)C2)c2ncccc2C)c(C)c1C.NO. The summed E-state index contributed by atoms with van der Waals surface area (Å²) in [5.74, 6) is 4.97. The quantitative estimate of drug-likeness (QED) is 0.335. The lowest BCUT2D eigenvalue weighted by Crippen LogP contribution is -2.56. The predicted octanol–water partition coefficient (Wildman–Crippen LogP) is 6.93. The van der Waals surface area contributed by atoms with Crippen LogP contribution in [0.1, 0.15) is 55.9 Å². The molecule has 4 rings (SSSR count). The van der Waals surface area contributed by atoms with Crippen LogP contribution in [0.3, 0.4) is 0 Å². The molecule has 0 saturated carbocycles. The van der Waals surface area contributed by atoms with Crippen molar-refractivity contribution in [3.05, 3.63) is 77.0 Å². The van der Waals surface area contributed by atoms with Crippen LogP contribution >= 0.6 is 0 Å². The Hall–Kier alpha value is -3.62. The number of carbonyl (C=O) groups excluding carboxylic acids is 1. The Morgan fingerprint density at radius 3 is 2.30 bits per heavy atom. The van der Waals surface area contributed by atoms with Crippen molar-refractivity contribution >= 4 is 23.2 Å². The highest BCUT2D eigenvalue weighted by molar-refractivity contribution is 6.00. The zero-order valence-corrected chi connectivity index (χ0v) is 25.4. The zero-order valence-electron chi connectivity index (χ0n) is 25.4. The Morgan fingerprint density at radius 2 is 1.73 bits per heavy atom. The van der Waals surface area contributed by atoms with E-state index in [9.17, 15) is 4.79 Å². The molecular weight excluding hydrogens is 502 g/mol. The van der Waals surface area contributed by atoms with Crippen molar-refractivity contribution < 1.29 is 14.7 Å². The van der Waals surface area contributed by atoms with Crippen LogP contribution in [0.25, 0.3) is 0 Å². The normalized spacial score (nSPS) is 14.4. The van der Waals surface area contributed by atoms with E-state index in [2.05, 4.69) is 67.7 Å². The minimum absolute atomic E-state index is 0.0507. The second-order valence-electron chi connectivity index (χ2n) is 10.1. The number of nitrogens with zero attached hydrogens (tertiary/aromatic N) is 4. The van der Waals surface area contributed by atoms with Gasteiger partial charge >= 0.3 is 6.03 Å². The fraction of sp³-hybridized carbons (Fsp3) is 0.438. The van der Waals surface area contributed by atoms with Gasteiger partial charge in [-0.05, 0) is 87.2 Å². The largest absolute Gasteiger partial charge is 0.496 e. The third-order valence-electron chi connectivity index (χ3n) is 7.29. The Labute approximate surface area is 240 Å². The Morgan fingerprint density at radius 1 is 1.02 bits per heavy atom. The van der Waals surface area contributed by atoms with E-state index >= 15 is 0 Å². The number of urea groups is 1. The average Bonchev–Trinajstić information content (AvgIpc) is 2.97. The number of carbonyl (C=O) groups is 1. The Bertz CT molecular complexity index is 1230. The van der Waals surface area contributed by atoms with Gasteiger partial charge in [-0.1, -0.05) is 44.9 Å². The van der Waals surface area contributed by atoms with E-state index in [1.54, 1.807) is 18.2 Å². The van der Waals surface area contributed by atoms with Crippen molar-refractivity contribution in [1.29, 1.82) is 0 Å². The van der Waals surface area contributed by atoms with Crippen LogP contribution in [0, 0.1) is 27.7 Å². The first kappa shape index (κ1) is 32.6. The van der Waals surface area contributed by atoms with Gasteiger partial charge in [-0.15, -0.1) is 0 Å². The summed E-state index contributed by atoms with van der Waals surface area (Å²) in [5, 5.41) is 6.50. The molecule has 1 fully saturated rings. The Balaban J connectivity index is 0.000000858. The molecule has 2 heterocycles. The second-order valence-corrected chi connectivity index (χ2v) is 10.1. The average molecular weight is 550 g/mol. The molecule has 3 aromatic rings. The molecule has 40 heavy (non-hydrogen) atoms. The van der Waals surface area contributed by atoms with Gasteiger partial charge in [0.15, 0.2) is 0 Å². The summed E-state index contributed by atoms with van der Waals surface area (Å²) in [5.41, 5.74) is 6.26. The molecule has 1 saturated heterocycles. The van der Waals surface area contributed by atoms with Gasteiger partial charge in [0, 0.05) is 37.6 Å². The van der Waals surface area contributed by atoms with Crippen LogP contribution < -0.4 is 20.4 Å². The molecule has 3 N–H and O–H groups in total. The number of hydrogen-bond acceptors (Lipinski definition) is 6. The number of ether oxygens (including phenoxy) is 1. The predicted molar refractivity (Wildman–Crippen MR) is 165 cm³/mol. The molecule has 2 aromatic carbocycles. The van der Waals surface area contributed by atoms with Crippen molar-refractivity contribution in [1.82, 2.24) is 9.88 Å². The van der Waals surface area contributed by atoms with Crippen LogP contribution in [0.4, 0.5) is 22.0 Å². The van der Waals surface area contributed by atoms with Gasteiger partial charge in [0.05, 0.1) is 12.8 Å². The molecule has 0 aliphatic carbocycles. The van der Waals surface area contributed by atoms with Crippen molar-refractivity contribution in [3.63, 3.8) is 0 Å². The highest BCUT2D eigenvalue weighted by Crippen LogP contribution is 2.36. The first-order valence-corrected chi connectivity index (χ1v) is 14.0. The fourth-order valence-corrected chi connectivity index (χ4v) is 4.73. The summed E-state index contributed by atoms with van der Waals surface area (Å²) in [4.78, 5) is 24.8. The van der Waals surface area contributed by atoms with E-state index in [-0.39, 0.29) is 12.1 Å². The zero-order chi connectivity index (χ0) is 29.8. The maximum atomic E-state index is 14.1. The third-order valence-corrected chi connectivity index (χ3v) is 7.29. The van der Waals surface area contributed by atoms with Gasteiger partial charge in [-0.2, -0.15) is 0 Å². The number of unbranched alkanes of at least 4 members (excludes halogenated alkanes) is 1. The van der Waals surface area contributed by atoms with E-state index in [0.717, 1.165) is 34.7 Å². The van der Waals surface area contributed by atoms with Gasteiger partial charge in [0.25, 0.3) is 0 Å². The van der Waals surface area contributed by atoms with Gasteiger partial charge in [0.2, 0.25) is 0 Å². The van der Waals surface area contributed by atoms with Crippen LogP contribution in [0.15, 0.2) is 54.7 Å². The molecule has 218 valence electrons. The number of aromatic nitrogens is 1. The maximum Gasteiger partial charge on any atom is 0.330 e. The van der Waals surface area contributed by atoms with E-state index in [1.807, 2.05) is 49.9 Å². The van der Waals surface area contributed by atoms with Crippen molar-refractivity contribution in [2.24, 2.45) is 5.90 Å². The lowest BCUT2D eigenvalue weighted by Gasteiger charge is -2.43. The number of nitrogens with two attached hydrogens (primary N) is 1. The number of anilines is 3. The molecule has 1 atom stereocenters.